The number of nitrogens with two attached hydrogens (primary N) is 1. The van der Waals surface area contributed by atoms with Gasteiger partial charge in [0.25, 0.3) is 0 Å². The Morgan fingerprint density at radius 3 is 2.73 bits per heavy atom. The van der Waals surface area contributed by atoms with Crippen molar-refractivity contribution in [1.29, 1.82) is 0 Å². The Morgan fingerprint density at radius 2 is 2.13 bits per heavy atom. The van der Waals surface area contributed by atoms with Crippen molar-refractivity contribution in [1.82, 2.24) is 4.98 Å². The fraction of sp³-hybridized carbons (Fsp3) is 0. The van der Waals surface area contributed by atoms with Crippen molar-refractivity contribution in [3.8, 4) is 0 Å². The molecule has 3 nitrogen and oxygen atoms in total. The molecule has 0 bridgehead atoms. The predicted octanol–water partition coefficient (Wildman–Crippen LogP) is 2.59. The van der Waals surface area contributed by atoms with Crippen molar-refractivity contribution in [2.45, 2.75) is 0 Å². The van der Waals surface area contributed by atoms with Crippen LogP contribution in [0, 0.1) is 0 Å². The van der Waals surface area contributed by atoms with Gasteiger partial charge in [-0.3, -0.25) is 4.79 Å². The summed E-state index contributed by atoms with van der Waals surface area (Å²) in [6, 6.07) is 8.69. The SMILES string of the molecule is Nc1cc(Br)cc(C(=O)c2ccc[nH]2)c1. The summed E-state index contributed by atoms with van der Waals surface area (Å²) in [7, 11) is 0. The van der Waals surface area contributed by atoms with Crippen LogP contribution in [0.4, 0.5) is 5.69 Å². The number of carbonyl (C=O) groups excluding carboxylic acids is 1. The monoisotopic (exact) mass is 264 g/mol. The van der Waals surface area contributed by atoms with Crippen LogP contribution in [0.1, 0.15) is 16.1 Å². The van der Waals surface area contributed by atoms with Gasteiger partial charge in [-0.2, -0.15) is 0 Å². The molecule has 15 heavy (non-hydrogen) atoms. The van der Waals surface area contributed by atoms with Crippen molar-refractivity contribution >= 4 is 27.4 Å². The number of ketones is 1. The minimum Gasteiger partial charge on any atom is -0.399 e. The summed E-state index contributed by atoms with van der Waals surface area (Å²) >= 11 is 3.30. The lowest BCUT2D eigenvalue weighted by Crippen LogP contribution is -2.02. The normalized spacial score (nSPS) is 10.2. The Labute approximate surface area is 95.4 Å². The molecule has 0 unspecified atom stereocenters. The average molecular weight is 265 g/mol. The zero-order valence-corrected chi connectivity index (χ0v) is 9.41. The van der Waals surface area contributed by atoms with Gasteiger partial charge in [0.05, 0.1) is 5.69 Å². The highest BCUT2D eigenvalue weighted by molar-refractivity contribution is 9.10. The number of halogens is 1. The van der Waals surface area contributed by atoms with Crippen molar-refractivity contribution in [2.24, 2.45) is 0 Å². The van der Waals surface area contributed by atoms with Crippen LogP contribution >= 0.6 is 15.9 Å². The van der Waals surface area contributed by atoms with E-state index in [1.807, 2.05) is 0 Å². The van der Waals surface area contributed by atoms with Crippen LogP contribution in [0.2, 0.25) is 0 Å². The van der Waals surface area contributed by atoms with E-state index >= 15 is 0 Å². The van der Waals surface area contributed by atoms with Gasteiger partial charge in [-0.15, -0.1) is 0 Å². The van der Waals surface area contributed by atoms with E-state index in [1.165, 1.54) is 0 Å². The van der Waals surface area contributed by atoms with Gasteiger partial charge in [-0.1, -0.05) is 15.9 Å². The zero-order chi connectivity index (χ0) is 10.8. The quantitative estimate of drug-likeness (QED) is 0.647. The molecule has 2 aromatic rings. The third-order valence-electron chi connectivity index (χ3n) is 2.02. The molecule has 1 heterocycles. The summed E-state index contributed by atoms with van der Waals surface area (Å²) in [6.45, 7) is 0. The number of benzene rings is 1. The van der Waals surface area contributed by atoms with Crippen LogP contribution in [0.15, 0.2) is 41.0 Å². The molecule has 0 aliphatic heterocycles. The Bertz CT molecular complexity index is 471. The fourth-order valence-corrected chi connectivity index (χ4v) is 1.88. The number of nitrogens with one attached hydrogen (secondary N) is 1. The summed E-state index contributed by atoms with van der Waals surface area (Å²) in [6.07, 6.45) is 1.72. The number of nitrogen functional groups attached to an aromatic ring is 1. The van der Waals surface area contributed by atoms with E-state index in [2.05, 4.69) is 20.9 Å². The van der Waals surface area contributed by atoms with Crippen molar-refractivity contribution < 1.29 is 4.79 Å². The van der Waals surface area contributed by atoms with Crippen LogP contribution in [0.25, 0.3) is 0 Å². The number of anilines is 1. The first-order valence-electron chi connectivity index (χ1n) is 4.41. The zero-order valence-electron chi connectivity index (χ0n) is 7.83. The molecule has 3 N–H and O–H groups in total. The van der Waals surface area contributed by atoms with Crippen LogP contribution in [-0.2, 0) is 0 Å². The molecular formula is C11H9BrN2O. The molecule has 1 aromatic carbocycles. The lowest BCUT2D eigenvalue weighted by molar-refractivity contribution is 0.103. The van der Waals surface area contributed by atoms with Crippen LogP contribution < -0.4 is 5.73 Å². The first-order valence-corrected chi connectivity index (χ1v) is 5.20. The van der Waals surface area contributed by atoms with Crippen molar-refractivity contribution in [3.05, 3.63) is 52.3 Å². The second-order valence-corrected chi connectivity index (χ2v) is 4.10. The maximum atomic E-state index is 11.9. The maximum Gasteiger partial charge on any atom is 0.209 e. The molecule has 0 fully saturated rings. The Morgan fingerprint density at radius 1 is 1.33 bits per heavy atom. The smallest absolute Gasteiger partial charge is 0.209 e. The van der Waals surface area contributed by atoms with Gasteiger partial charge in [-0.25, -0.2) is 0 Å². The largest absolute Gasteiger partial charge is 0.399 e. The van der Waals surface area contributed by atoms with Gasteiger partial charge >= 0.3 is 0 Å². The van der Waals surface area contributed by atoms with Gasteiger partial charge in [-0.05, 0) is 30.3 Å². The first kappa shape index (κ1) is 9.98. The van der Waals surface area contributed by atoms with Crippen LogP contribution in [0.3, 0.4) is 0 Å². The number of rotatable bonds is 2. The molecule has 0 spiro atoms. The fourth-order valence-electron chi connectivity index (χ4n) is 1.37. The highest BCUT2D eigenvalue weighted by Gasteiger charge is 2.10. The molecule has 0 aliphatic rings. The van der Waals surface area contributed by atoms with E-state index in [-0.39, 0.29) is 5.78 Å². The standard InChI is InChI=1S/C11H9BrN2O/c12-8-4-7(5-9(13)6-8)11(15)10-2-1-3-14-10/h1-6,14H,13H2. The second kappa shape index (κ2) is 3.90. The molecule has 0 saturated heterocycles. The Kier molecular flexibility index (Phi) is 2.60. The third kappa shape index (κ3) is 2.10. The third-order valence-corrected chi connectivity index (χ3v) is 2.48. The number of aromatic amines is 1. The lowest BCUT2D eigenvalue weighted by atomic mass is 10.1. The number of aromatic nitrogens is 1. The molecule has 0 aliphatic carbocycles. The molecule has 76 valence electrons. The summed E-state index contributed by atoms with van der Waals surface area (Å²) in [5.41, 5.74) is 7.36. The van der Waals surface area contributed by atoms with Crippen molar-refractivity contribution in [2.75, 3.05) is 5.73 Å². The highest BCUT2D eigenvalue weighted by Crippen LogP contribution is 2.19. The molecule has 4 heteroatoms. The number of hydrogen-bond donors (Lipinski definition) is 2. The molecule has 0 atom stereocenters. The highest BCUT2D eigenvalue weighted by atomic mass is 79.9. The molecular weight excluding hydrogens is 256 g/mol. The van der Waals surface area contributed by atoms with Gasteiger partial charge in [0.1, 0.15) is 0 Å². The summed E-state index contributed by atoms with van der Waals surface area (Å²) in [5, 5.41) is 0. The van der Waals surface area contributed by atoms with Gasteiger partial charge in [0.2, 0.25) is 5.78 Å². The van der Waals surface area contributed by atoms with Crippen molar-refractivity contribution in [3.63, 3.8) is 0 Å². The maximum absolute atomic E-state index is 11.9. The topological polar surface area (TPSA) is 58.9 Å². The summed E-state index contributed by atoms with van der Waals surface area (Å²) < 4.78 is 0.803. The molecule has 2 rings (SSSR count). The van der Waals surface area contributed by atoms with E-state index in [0.29, 0.717) is 16.9 Å². The van der Waals surface area contributed by atoms with Crippen LogP contribution in [-0.4, -0.2) is 10.8 Å². The second-order valence-electron chi connectivity index (χ2n) is 3.19. The number of hydrogen-bond acceptors (Lipinski definition) is 2. The lowest BCUT2D eigenvalue weighted by Gasteiger charge is -2.01. The van der Waals surface area contributed by atoms with E-state index in [4.69, 9.17) is 5.73 Å². The molecule has 0 amide bonds. The van der Waals surface area contributed by atoms with Gasteiger partial charge < -0.3 is 10.7 Å². The molecule has 0 saturated carbocycles. The molecule has 1 aromatic heterocycles. The van der Waals surface area contributed by atoms with E-state index in [9.17, 15) is 4.79 Å². The minimum absolute atomic E-state index is 0.0620. The number of H-pyrrole nitrogens is 1. The van der Waals surface area contributed by atoms with Gasteiger partial charge in [0, 0.05) is 21.9 Å². The first-order chi connectivity index (χ1) is 7.16. The average Bonchev–Trinajstić information content (AvgIpc) is 2.67. The Balaban J connectivity index is 2.42. The Hall–Kier alpha value is -1.55. The minimum atomic E-state index is -0.0620. The van der Waals surface area contributed by atoms with E-state index in [1.54, 1.807) is 36.5 Å². The van der Waals surface area contributed by atoms with Gasteiger partial charge in [0.15, 0.2) is 0 Å². The van der Waals surface area contributed by atoms with E-state index in [0.717, 1.165) is 4.47 Å². The summed E-state index contributed by atoms with van der Waals surface area (Å²) in [5.74, 6) is -0.0620. The van der Waals surface area contributed by atoms with E-state index < -0.39 is 0 Å². The predicted molar refractivity (Wildman–Crippen MR) is 62.8 cm³/mol. The molecule has 0 radical (unpaired) electrons. The number of carbonyl (C=O) groups is 1. The van der Waals surface area contributed by atoms with Crippen LogP contribution in [0.5, 0.6) is 0 Å². The summed E-state index contributed by atoms with van der Waals surface area (Å²) in [4.78, 5) is 14.8.